The van der Waals surface area contributed by atoms with Crippen molar-refractivity contribution >= 4 is 5.91 Å². The van der Waals surface area contributed by atoms with Crippen molar-refractivity contribution in [2.24, 2.45) is 0 Å². The minimum atomic E-state index is 0.275. The van der Waals surface area contributed by atoms with Gasteiger partial charge in [0.1, 0.15) is 0 Å². The first-order valence-corrected chi connectivity index (χ1v) is 3.37. The number of carbonyl (C=O) groups is 1. The summed E-state index contributed by atoms with van der Waals surface area (Å²) in [5.74, 6) is 0.275. The molecule has 1 rings (SSSR count). The maximum Gasteiger partial charge on any atom is 0.309 e. The van der Waals surface area contributed by atoms with Gasteiger partial charge in [-0.3, -0.25) is 4.90 Å². The van der Waals surface area contributed by atoms with Gasteiger partial charge in [-0.25, -0.2) is 4.79 Å². The molecule has 1 saturated heterocycles. The Kier molecular flexibility index (Phi) is 2.19. The van der Waals surface area contributed by atoms with Crippen molar-refractivity contribution in [1.82, 2.24) is 5.32 Å². The fourth-order valence-electron chi connectivity index (χ4n) is 1.08. The standard InChI is InChI=1S/C6H12N2O/c1-6(9)8-4-2-7-3-5-8/h7H,2-5H2,1H3/p+1. The lowest BCUT2D eigenvalue weighted by molar-refractivity contribution is -0.821. The number of hydrogen-bond donors (Lipinski definition) is 2. The first-order chi connectivity index (χ1) is 4.30. The van der Waals surface area contributed by atoms with E-state index in [2.05, 4.69) is 5.32 Å². The third-order valence-electron chi connectivity index (χ3n) is 1.70. The fourth-order valence-corrected chi connectivity index (χ4v) is 1.08. The zero-order chi connectivity index (χ0) is 6.69. The first-order valence-electron chi connectivity index (χ1n) is 3.37. The molecule has 0 atom stereocenters. The molecule has 1 aliphatic rings. The molecule has 1 heterocycles. The van der Waals surface area contributed by atoms with E-state index in [0.29, 0.717) is 0 Å². The largest absolute Gasteiger partial charge is 0.309 e. The van der Waals surface area contributed by atoms with Crippen molar-refractivity contribution in [3.05, 3.63) is 0 Å². The van der Waals surface area contributed by atoms with Crippen LogP contribution < -0.4 is 10.2 Å². The van der Waals surface area contributed by atoms with Crippen LogP contribution in [-0.2, 0) is 4.79 Å². The van der Waals surface area contributed by atoms with Gasteiger partial charge < -0.3 is 5.32 Å². The molecule has 9 heavy (non-hydrogen) atoms. The van der Waals surface area contributed by atoms with Gasteiger partial charge in [0.15, 0.2) is 0 Å². The van der Waals surface area contributed by atoms with E-state index in [-0.39, 0.29) is 5.91 Å². The Morgan fingerprint density at radius 2 is 2.00 bits per heavy atom. The van der Waals surface area contributed by atoms with Crippen LogP contribution in [0, 0.1) is 0 Å². The molecule has 0 aromatic rings. The molecule has 2 N–H and O–H groups in total. The number of amides is 1. The Hall–Kier alpha value is -0.410. The van der Waals surface area contributed by atoms with Gasteiger partial charge in [-0.2, -0.15) is 0 Å². The van der Waals surface area contributed by atoms with Crippen LogP contribution in [0.2, 0.25) is 0 Å². The number of hydrogen-bond acceptors (Lipinski definition) is 2. The van der Waals surface area contributed by atoms with Gasteiger partial charge in [0, 0.05) is 13.1 Å². The molecule has 1 fully saturated rings. The summed E-state index contributed by atoms with van der Waals surface area (Å²) in [5.41, 5.74) is 0. The molecule has 0 unspecified atom stereocenters. The molecule has 0 saturated carbocycles. The molecule has 3 nitrogen and oxygen atoms in total. The summed E-state index contributed by atoms with van der Waals surface area (Å²) >= 11 is 0. The predicted octanol–water partition coefficient (Wildman–Crippen LogP) is -1.98. The summed E-state index contributed by atoms with van der Waals surface area (Å²) in [6, 6.07) is 0. The molecule has 0 radical (unpaired) electrons. The van der Waals surface area contributed by atoms with E-state index in [1.165, 1.54) is 0 Å². The lowest BCUT2D eigenvalue weighted by atomic mass is 10.4. The van der Waals surface area contributed by atoms with Gasteiger partial charge in [0.2, 0.25) is 0 Å². The summed E-state index contributed by atoms with van der Waals surface area (Å²) < 4.78 is 0. The highest BCUT2D eigenvalue weighted by Crippen LogP contribution is 1.63. The second-order valence-electron chi connectivity index (χ2n) is 2.41. The van der Waals surface area contributed by atoms with Crippen molar-refractivity contribution in [1.29, 1.82) is 0 Å². The summed E-state index contributed by atoms with van der Waals surface area (Å²) in [5, 5.41) is 3.20. The summed E-state index contributed by atoms with van der Waals surface area (Å²) in [6.07, 6.45) is 0. The van der Waals surface area contributed by atoms with Crippen molar-refractivity contribution < 1.29 is 9.69 Å². The van der Waals surface area contributed by atoms with E-state index in [9.17, 15) is 4.79 Å². The van der Waals surface area contributed by atoms with E-state index in [1.54, 1.807) is 6.92 Å². The molecule has 0 bridgehead atoms. The SMILES string of the molecule is CC(=O)[NH+]1CCNCC1. The second kappa shape index (κ2) is 2.94. The van der Waals surface area contributed by atoms with Crippen LogP contribution in [0.4, 0.5) is 0 Å². The highest BCUT2D eigenvalue weighted by atomic mass is 16.2. The number of piperazine rings is 1. The molecule has 0 aromatic carbocycles. The van der Waals surface area contributed by atoms with Gasteiger partial charge in [0.25, 0.3) is 0 Å². The summed E-state index contributed by atoms with van der Waals surface area (Å²) in [7, 11) is 0. The zero-order valence-electron chi connectivity index (χ0n) is 5.74. The average Bonchev–Trinajstić information content (AvgIpc) is 1.90. The highest BCUT2D eigenvalue weighted by molar-refractivity contribution is 5.63. The normalized spacial score (nSPS) is 21.9. The number of nitrogens with one attached hydrogen (secondary N) is 2. The Labute approximate surface area is 55.0 Å². The molecule has 3 heteroatoms. The predicted molar refractivity (Wildman–Crippen MR) is 34.2 cm³/mol. The van der Waals surface area contributed by atoms with Crippen LogP contribution >= 0.6 is 0 Å². The number of carbonyl (C=O) groups excluding carboxylic acids is 1. The quantitative estimate of drug-likeness (QED) is 0.397. The molecule has 0 aromatic heterocycles. The van der Waals surface area contributed by atoms with Gasteiger partial charge >= 0.3 is 5.91 Å². The maximum atomic E-state index is 10.7. The van der Waals surface area contributed by atoms with E-state index < -0.39 is 0 Å². The Balaban J connectivity index is 2.31. The maximum absolute atomic E-state index is 10.7. The van der Waals surface area contributed by atoms with Crippen molar-refractivity contribution in [3.63, 3.8) is 0 Å². The summed E-state index contributed by atoms with van der Waals surface area (Å²) in [4.78, 5) is 11.8. The van der Waals surface area contributed by atoms with E-state index in [1.807, 2.05) is 0 Å². The highest BCUT2D eigenvalue weighted by Gasteiger charge is 2.16. The van der Waals surface area contributed by atoms with E-state index in [4.69, 9.17) is 0 Å². The number of rotatable bonds is 0. The average molecular weight is 129 g/mol. The van der Waals surface area contributed by atoms with Crippen LogP contribution in [0.15, 0.2) is 0 Å². The van der Waals surface area contributed by atoms with Gasteiger partial charge in [0.05, 0.1) is 20.0 Å². The smallest absolute Gasteiger partial charge is 0.306 e. The fraction of sp³-hybridized carbons (Fsp3) is 0.833. The first kappa shape index (κ1) is 6.71. The molecular weight excluding hydrogens is 116 g/mol. The minimum Gasteiger partial charge on any atom is -0.306 e. The molecule has 1 aliphatic heterocycles. The molecular formula is C6H13N2O+. The van der Waals surface area contributed by atoms with Gasteiger partial charge in [-0.1, -0.05) is 0 Å². The Morgan fingerprint density at radius 1 is 1.44 bits per heavy atom. The van der Waals surface area contributed by atoms with Crippen LogP contribution in [0.5, 0.6) is 0 Å². The topological polar surface area (TPSA) is 33.5 Å². The van der Waals surface area contributed by atoms with Crippen molar-refractivity contribution in [2.75, 3.05) is 26.2 Å². The molecule has 0 aliphatic carbocycles. The minimum absolute atomic E-state index is 0.275. The monoisotopic (exact) mass is 129 g/mol. The lowest BCUT2D eigenvalue weighted by Gasteiger charge is -2.20. The van der Waals surface area contributed by atoms with Crippen LogP contribution in [0.25, 0.3) is 0 Å². The third-order valence-corrected chi connectivity index (χ3v) is 1.70. The van der Waals surface area contributed by atoms with Gasteiger partial charge in [-0.15, -0.1) is 0 Å². The molecule has 52 valence electrons. The van der Waals surface area contributed by atoms with Crippen LogP contribution in [0.1, 0.15) is 6.92 Å². The molecule has 0 spiro atoms. The van der Waals surface area contributed by atoms with Crippen LogP contribution in [0.3, 0.4) is 0 Å². The van der Waals surface area contributed by atoms with E-state index >= 15 is 0 Å². The van der Waals surface area contributed by atoms with Crippen molar-refractivity contribution in [3.8, 4) is 0 Å². The Morgan fingerprint density at radius 3 is 2.33 bits per heavy atom. The van der Waals surface area contributed by atoms with Crippen molar-refractivity contribution in [2.45, 2.75) is 6.92 Å². The summed E-state index contributed by atoms with van der Waals surface area (Å²) in [6.45, 7) is 5.52. The third kappa shape index (κ3) is 1.77. The second-order valence-corrected chi connectivity index (χ2v) is 2.41. The Bertz CT molecular complexity index is 108. The van der Waals surface area contributed by atoms with Crippen LogP contribution in [-0.4, -0.2) is 32.1 Å². The van der Waals surface area contributed by atoms with Gasteiger partial charge in [-0.05, 0) is 0 Å². The lowest BCUT2D eigenvalue weighted by Crippen LogP contribution is -3.16. The van der Waals surface area contributed by atoms with E-state index in [0.717, 1.165) is 31.1 Å². The number of quaternary nitrogens is 1. The molecule has 1 amide bonds. The zero-order valence-corrected chi connectivity index (χ0v) is 5.74.